The third-order valence-corrected chi connectivity index (χ3v) is 7.00. The average Bonchev–Trinajstić information content (AvgIpc) is 2.96. The molecule has 1 aliphatic heterocycles. The summed E-state index contributed by atoms with van der Waals surface area (Å²) < 4.78 is 6.24. The SMILES string of the molecule is CCC(Oc1ccc2c(c1)C(c1ccccc1)N(C(=O)c1ccccc1)CC2)C(=O)Nc1ccc(C)cc1. The zero-order valence-electron chi connectivity index (χ0n) is 21.8. The van der Waals surface area contributed by atoms with Crippen molar-refractivity contribution in [3.05, 3.63) is 131 Å². The van der Waals surface area contributed by atoms with Gasteiger partial charge in [-0.1, -0.05) is 79.2 Å². The molecule has 1 heterocycles. The number of amides is 2. The van der Waals surface area contributed by atoms with Crippen molar-refractivity contribution in [3.63, 3.8) is 0 Å². The highest BCUT2D eigenvalue weighted by Crippen LogP contribution is 2.38. The molecule has 4 aromatic rings. The van der Waals surface area contributed by atoms with Crippen molar-refractivity contribution in [2.24, 2.45) is 0 Å². The van der Waals surface area contributed by atoms with Crippen LogP contribution in [-0.2, 0) is 11.2 Å². The van der Waals surface area contributed by atoms with E-state index < -0.39 is 6.10 Å². The number of benzene rings is 4. The quantitative estimate of drug-likeness (QED) is 0.309. The maximum atomic E-state index is 13.6. The van der Waals surface area contributed by atoms with Crippen LogP contribution in [0.1, 0.15) is 52.0 Å². The van der Waals surface area contributed by atoms with E-state index in [4.69, 9.17) is 4.74 Å². The standard InChI is InChI=1S/C33H32N2O3/c1-3-30(32(36)34-27-17-14-23(2)15-18-27)38-28-19-16-24-20-21-35(33(37)26-12-8-5-9-13-26)31(29(24)22-28)25-10-6-4-7-11-25/h4-19,22,30-31H,3,20-21H2,1-2H3,(H,34,36). The highest BCUT2D eigenvalue weighted by atomic mass is 16.5. The van der Waals surface area contributed by atoms with Crippen molar-refractivity contribution < 1.29 is 14.3 Å². The van der Waals surface area contributed by atoms with Crippen LogP contribution in [0.4, 0.5) is 5.69 Å². The third kappa shape index (κ3) is 5.47. The van der Waals surface area contributed by atoms with Gasteiger partial charge in [-0.2, -0.15) is 0 Å². The lowest BCUT2D eigenvalue weighted by Crippen LogP contribution is -2.40. The van der Waals surface area contributed by atoms with Gasteiger partial charge in [-0.05, 0) is 72.9 Å². The molecule has 2 unspecified atom stereocenters. The lowest BCUT2D eigenvalue weighted by molar-refractivity contribution is -0.122. The van der Waals surface area contributed by atoms with Gasteiger partial charge in [0.25, 0.3) is 11.8 Å². The van der Waals surface area contributed by atoms with Crippen molar-refractivity contribution >= 4 is 17.5 Å². The number of hydrogen-bond donors (Lipinski definition) is 1. The van der Waals surface area contributed by atoms with Crippen molar-refractivity contribution in [2.45, 2.75) is 38.8 Å². The Morgan fingerprint density at radius 1 is 0.921 bits per heavy atom. The fourth-order valence-electron chi connectivity index (χ4n) is 4.97. The molecule has 1 N–H and O–H groups in total. The second-order valence-electron chi connectivity index (χ2n) is 9.66. The topological polar surface area (TPSA) is 58.6 Å². The monoisotopic (exact) mass is 504 g/mol. The normalized spacial score (nSPS) is 15.3. The van der Waals surface area contributed by atoms with Gasteiger partial charge in [-0.25, -0.2) is 0 Å². The molecule has 4 aromatic carbocycles. The third-order valence-electron chi connectivity index (χ3n) is 7.00. The molecule has 0 bridgehead atoms. The molecule has 0 aromatic heterocycles. The summed E-state index contributed by atoms with van der Waals surface area (Å²) in [7, 11) is 0. The first-order valence-electron chi connectivity index (χ1n) is 13.1. The largest absolute Gasteiger partial charge is 0.481 e. The number of ether oxygens (including phenoxy) is 1. The molecule has 0 saturated heterocycles. The average molecular weight is 505 g/mol. The summed E-state index contributed by atoms with van der Waals surface area (Å²) in [4.78, 5) is 28.6. The van der Waals surface area contributed by atoms with Crippen LogP contribution < -0.4 is 10.1 Å². The summed E-state index contributed by atoms with van der Waals surface area (Å²) in [5, 5.41) is 2.96. The molecule has 0 fully saturated rings. The van der Waals surface area contributed by atoms with Gasteiger partial charge < -0.3 is 15.0 Å². The number of nitrogens with one attached hydrogen (secondary N) is 1. The number of fused-ring (bicyclic) bond motifs is 1. The molecule has 0 spiro atoms. The van der Waals surface area contributed by atoms with E-state index in [2.05, 4.69) is 23.5 Å². The molecule has 5 nitrogen and oxygen atoms in total. The van der Waals surface area contributed by atoms with Crippen LogP contribution in [0.5, 0.6) is 5.75 Å². The van der Waals surface area contributed by atoms with E-state index in [1.807, 2.05) is 104 Å². The number of anilines is 1. The summed E-state index contributed by atoms with van der Waals surface area (Å²) in [6, 6.07) is 33.0. The second kappa shape index (κ2) is 11.3. The van der Waals surface area contributed by atoms with Gasteiger partial charge in [0.1, 0.15) is 5.75 Å². The van der Waals surface area contributed by atoms with E-state index >= 15 is 0 Å². The van der Waals surface area contributed by atoms with Gasteiger partial charge in [0.2, 0.25) is 0 Å². The lowest BCUT2D eigenvalue weighted by atomic mass is 9.87. The van der Waals surface area contributed by atoms with Gasteiger partial charge in [0, 0.05) is 17.8 Å². The summed E-state index contributed by atoms with van der Waals surface area (Å²) in [5.41, 5.74) is 5.79. The number of carbonyl (C=O) groups excluding carboxylic acids is 2. The molecular formula is C33H32N2O3. The molecule has 5 rings (SSSR count). The summed E-state index contributed by atoms with van der Waals surface area (Å²) >= 11 is 0. The fraction of sp³-hybridized carbons (Fsp3) is 0.212. The zero-order chi connectivity index (χ0) is 26.5. The Labute approximate surface area is 224 Å². The minimum absolute atomic E-state index is 0.000310. The Balaban J connectivity index is 1.44. The van der Waals surface area contributed by atoms with Gasteiger partial charge in [0.05, 0.1) is 6.04 Å². The number of carbonyl (C=O) groups is 2. The molecule has 0 aliphatic carbocycles. The van der Waals surface area contributed by atoms with E-state index in [1.165, 1.54) is 5.56 Å². The summed E-state index contributed by atoms with van der Waals surface area (Å²) in [6.45, 7) is 4.57. The van der Waals surface area contributed by atoms with Crippen LogP contribution in [0.15, 0.2) is 103 Å². The minimum Gasteiger partial charge on any atom is -0.481 e. The van der Waals surface area contributed by atoms with Gasteiger partial charge in [-0.15, -0.1) is 0 Å². The summed E-state index contributed by atoms with van der Waals surface area (Å²) in [5.74, 6) is 0.430. The first-order valence-corrected chi connectivity index (χ1v) is 13.1. The van der Waals surface area contributed by atoms with Gasteiger partial charge >= 0.3 is 0 Å². The Morgan fingerprint density at radius 2 is 1.61 bits per heavy atom. The molecular weight excluding hydrogens is 472 g/mol. The van der Waals surface area contributed by atoms with E-state index in [0.29, 0.717) is 24.3 Å². The maximum absolute atomic E-state index is 13.6. The van der Waals surface area contributed by atoms with E-state index in [1.54, 1.807) is 0 Å². The smallest absolute Gasteiger partial charge is 0.265 e. The molecule has 2 amide bonds. The number of aryl methyl sites for hydroxylation is 1. The van der Waals surface area contributed by atoms with Crippen LogP contribution in [0.2, 0.25) is 0 Å². The predicted molar refractivity (Wildman–Crippen MR) is 150 cm³/mol. The highest BCUT2D eigenvalue weighted by molar-refractivity contribution is 5.95. The zero-order valence-corrected chi connectivity index (χ0v) is 21.8. The maximum Gasteiger partial charge on any atom is 0.265 e. The van der Waals surface area contributed by atoms with Crippen molar-refractivity contribution in [1.29, 1.82) is 0 Å². The van der Waals surface area contributed by atoms with E-state index in [0.717, 1.165) is 28.8 Å². The Kier molecular flexibility index (Phi) is 7.55. The van der Waals surface area contributed by atoms with Crippen LogP contribution in [0.3, 0.4) is 0 Å². The Hall–Kier alpha value is -4.38. The number of hydrogen-bond acceptors (Lipinski definition) is 3. The van der Waals surface area contributed by atoms with E-state index in [-0.39, 0.29) is 17.9 Å². The summed E-state index contributed by atoms with van der Waals surface area (Å²) in [6.07, 6.45) is 0.633. The van der Waals surface area contributed by atoms with Gasteiger partial charge in [-0.3, -0.25) is 9.59 Å². The minimum atomic E-state index is -0.643. The Morgan fingerprint density at radius 3 is 2.29 bits per heavy atom. The second-order valence-corrected chi connectivity index (χ2v) is 9.66. The molecule has 38 heavy (non-hydrogen) atoms. The molecule has 1 aliphatic rings. The molecule has 0 saturated carbocycles. The van der Waals surface area contributed by atoms with Crippen LogP contribution in [0.25, 0.3) is 0 Å². The number of rotatable bonds is 7. The van der Waals surface area contributed by atoms with Crippen LogP contribution in [0, 0.1) is 6.92 Å². The molecule has 2 atom stereocenters. The van der Waals surface area contributed by atoms with Crippen LogP contribution in [-0.4, -0.2) is 29.4 Å². The van der Waals surface area contributed by atoms with Gasteiger partial charge in [0.15, 0.2) is 6.10 Å². The molecule has 192 valence electrons. The molecule has 0 radical (unpaired) electrons. The fourth-order valence-corrected chi connectivity index (χ4v) is 4.97. The molecule has 5 heteroatoms. The van der Waals surface area contributed by atoms with Crippen molar-refractivity contribution in [3.8, 4) is 5.75 Å². The Bertz CT molecular complexity index is 1400. The van der Waals surface area contributed by atoms with Crippen molar-refractivity contribution in [2.75, 3.05) is 11.9 Å². The lowest BCUT2D eigenvalue weighted by Gasteiger charge is -2.38. The van der Waals surface area contributed by atoms with Crippen molar-refractivity contribution in [1.82, 2.24) is 4.90 Å². The predicted octanol–water partition coefficient (Wildman–Crippen LogP) is 6.58. The highest BCUT2D eigenvalue weighted by Gasteiger charge is 2.33. The van der Waals surface area contributed by atoms with Crippen LogP contribution >= 0.6 is 0 Å². The number of nitrogens with zero attached hydrogens (tertiary/aromatic N) is 1. The van der Waals surface area contributed by atoms with E-state index in [9.17, 15) is 9.59 Å². The first-order chi connectivity index (χ1) is 18.5. The first kappa shape index (κ1) is 25.3.